The molecule has 14 heavy (non-hydrogen) atoms. The summed E-state index contributed by atoms with van der Waals surface area (Å²) in [7, 11) is 0. The van der Waals surface area contributed by atoms with E-state index < -0.39 is 11.9 Å². The molecule has 0 aliphatic heterocycles. The topological polar surface area (TPSA) is 72.2 Å². The van der Waals surface area contributed by atoms with Crippen LogP contribution >= 0.6 is 15.9 Å². The summed E-state index contributed by atoms with van der Waals surface area (Å²) in [5.74, 6) is -0.413. The molecular weight excluding hydrogens is 248 g/mol. The van der Waals surface area contributed by atoms with E-state index >= 15 is 0 Å². The van der Waals surface area contributed by atoms with E-state index in [0.717, 1.165) is 10.0 Å². The summed E-state index contributed by atoms with van der Waals surface area (Å²) < 4.78 is 0.833. The second-order valence-corrected chi connectivity index (χ2v) is 3.53. The van der Waals surface area contributed by atoms with Crippen LogP contribution in [-0.4, -0.2) is 11.9 Å². The Labute approximate surface area is 89.6 Å². The van der Waals surface area contributed by atoms with Crippen molar-refractivity contribution in [1.82, 2.24) is 5.32 Å². The van der Waals surface area contributed by atoms with Crippen LogP contribution in [-0.2, 0) is 11.2 Å². The Bertz CT molecular complexity index is 366. The van der Waals surface area contributed by atoms with Crippen molar-refractivity contribution in [2.75, 3.05) is 0 Å². The predicted molar refractivity (Wildman–Crippen MR) is 55.6 cm³/mol. The van der Waals surface area contributed by atoms with Gasteiger partial charge in [-0.25, -0.2) is 4.79 Å². The number of rotatable bonds is 2. The normalized spacial score (nSPS) is 9.50. The molecule has 0 aliphatic carbocycles. The van der Waals surface area contributed by atoms with Gasteiger partial charge in [-0.15, -0.1) is 0 Å². The molecule has 0 radical (unpaired) electrons. The van der Waals surface area contributed by atoms with Crippen molar-refractivity contribution in [2.24, 2.45) is 5.73 Å². The molecule has 1 aromatic rings. The van der Waals surface area contributed by atoms with Gasteiger partial charge in [0.1, 0.15) is 0 Å². The number of urea groups is 1. The van der Waals surface area contributed by atoms with Crippen LogP contribution in [0.2, 0.25) is 0 Å². The van der Waals surface area contributed by atoms with Gasteiger partial charge in [-0.3, -0.25) is 10.1 Å². The summed E-state index contributed by atoms with van der Waals surface area (Å²) in [5, 5.41) is 2.00. The SMILES string of the molecule is NC(=O)NC(=O)Cc1ccccc1Br. The lowest BCUT2D eigenvalue weighted by atomic mass is 10.1. The minimum absolute atomic E-state index is 0.129. The molecule has 4 nitrogen and oxygen atoms in total. The van der Waals surface area contributed by atoms with Crippen LogP contribution in [0.5, 0.6) is 0 Å². The predicted octanol–water partition coefficient (Wildman–Crippen LogP) is 1.19. The first-order chi connectivity index (χ1) is 6.59. The first-order valence-electron chi connectivity index (χ1n) is 3.92. The van der Waals surface area contributed by atoms with E-state index in [1.807, 2.05) is 23.5 Å². The third-order valence-electron chi connectivity index (χ3n) is 1.57. The quantitative estimate of drug-likeness (QED) is 0.835. The molecule has 0 spiro atoms. The Hall–Kier alpha value is -1.36. The number of nitrogens with two attached hydrogens (primary N) is 1. The van der Waals surface area contributed by atoms with E-state index in [0.29, 0.717) is 0 Å². The molecule has 3 N–H and O–H groups in total. The molecule has 0 bridgehead atoms. The zero-order valence-electron chi connectivity index (χ0n) is 7.29. The van der Waals surface area contributed by atoms with Gasteiger partial charge < -0.3 is 5.73 Å². The monoisotopic (exact) mass is 256 g/mol. The molecule has 0 atom stereocenters. The van der Waals surface area contributed by atoms with Crippen molar-refractivity contribution < 1.29 is 9.59 Å². The number of amides is 3. The molecule has 1 aromatic carbocycles. The fraction of sp³-hybridized carbons (Fsp3) is 0.111. The molecule has 0 aromatic heterocycles. The average Bonchev–Trinajstić information content (AvgIpc) is 2.07. The first kappa shape index (κ1) is 10.7. The summed E-state index contributed by atoms with van der Waals surface area (Å²) in [6.45, 7) is 0. The Balaban J connectivity index is 2.65. The molecule has 0 saturated heterocycles. The zero-order valence-corrected chi connectivity index (χ0v) is 8.87. The Morgan fingerprint density at radius 2 is 2.00 bits per heavy atom. The van der Waals surface area contributed by atoms with Crippen LogP contribution in [0.15, 0.2) is 28.7 Å². The lowest BCUT2D eigenvalue weighted by Gasteiger charge is -2.03. The van der Waals surface area contributed by atoms with Crippen molar-refractivity contribution in [3.8, 4) is 0 Å². The maximum absolute atomic E-state index is 11.1. The number of hydrogen-bond acceptors (Lipinski definition) is 2. The highest BCUT2D eigenvalue weighted by Gasteiger charge is 2.07. The summed E-state index contributed by atoms with van der Waals surface area (Å²) >= 11 is 3.29. The Morgan fingerprint density at radius 3 is 2.57 bits per heavy atom. The number of primary amides is 1. The van der Waals surface area contributed by atoms with E-state index in [9.17, 15) is 9.59 Å². The van der Waals surface area contributed by atoms with Crippen LogP contribution in [0.3, 0.4) is 0 Å². The largest absolute Gasteiger partial charge is 0.351 e. The lowest BCUT2D eigenvalue weighted by molar-refractivity contribution is -0.119. The van der Waals surface area contributed by atoms with Gasteiger partial charge in [0.25, 0.3) is 0 Å². The van der Waals surface area contributed by atoms with Crippen LogP contribution in [0.25, 0.3) is 0 Å². The standard InChI is InChI=1S/C9H9BrN2O2/c10-7-4-2-1-3-6(7)5-8(13)12-9(11)14/h1-4H,5H2,(H3,11,12,13,14). The molecule has 0 aliphatic rings. The maximum atomic E-state index is 11.1. The molecular formula is C9H9BrN2O2. The fourth-order valence-electron chi connectivity index (χ4n) is 0.996. The molecule has 0 saturated carbocycles. The fourth-order valence-corrected chi connectivity index (χ4v) is 1.42. The number of hydrogen-bond donors (Lipinski definition) is 2. The third kappa shape index (κ3) is 3.18. The third-order valence-corrected chi connectivity index (χ3v) is 2.35. The second-order valence-electron chi connectivity index (χ2n) is 2.68. The summed E-state index contributed by atoms with van der Waals surface area (Å²) in [4.78, 5) is 21.5. The van der Waals surface area contributed by atoms with Gasteiger partial charge in [0.2, 0.25) is 5.91 Å². The summed E-state index contributed by atoms with van der Waals surface area (Å²) in [6.07, 6.45) is 0.129. The summed E-state index contributed by atoms with van der Waals surface area (Å²) in [5.41, 5.74) is 5.61. The van der Waals surface area contributed by atoms with Crippen LogP contribution in [0.1, 0.15) is 5.56 Å². The van der Waals surface area contributed by atoms with Crippen molar-refractivity contribution in [3.05, 3.63) is 34.3 Å². The number of carbonyl (C=O) groups excluding carboxylic acids is 2. The van der Waals surface area contributed by atoms with E-state index in [4.69, 9.17) is 5.73 Å². The van der Waals surface area contributed by atoms with Gasteiger partial charge in [0.15, 0.2) is 0 Å². The summed E-state index contributed by atoms with van der Waals surface area (Å²) in [6, 6.07) is 6.46. The highest BCUT2D eigenvalue weighted by molar-refractivity contribution is 9.10. The maximum Gasteiger partial charge on any atom is 0.318 e. The van der Waals surface area contributed by atoms with Gasteiger partial charge in [-0.05, 0) is 11.6 Å². The van der Waals surface area contributed by atoms with Gasteiger partial charge >= 0.3 is 6.03 Å². The average molecular weight is 257 g/mol. The number of benzene rings is 1. The van der Waals surface area contributed by atoms with Gasteiger partial charge in [0.05, 0.1) is 6.42 Å². The van der Waals surface area contributed by atoms with Gasteiger partial charge in [-0.2, -0.15) is 0 Å². The molecule has 5 heteroatoms. The lowest BCUT2D eigenvalue weighted by Crippen LogP contribution is -2.35. The van der Waals surface area contributed by atoms with Crippen LogP contribution < -0.4 is 11.1 Å². The Morgan fingerprint density at radius 1 is 1.36 bits per heavy atom. The number of halogens is 1. The van der Waals surface area contributed by atoms with E-state index in [1.54, 1.807) is 6.07 Å². The van der Waals surface area contributed by atoms with Crippen molar-refractivity contribution in [1.29, 1.82) is 0 Å². The molecule has 0 fully saturated rings. The number of imide groups is 1. The zero-order chi connectivity index (χ0) is 10.6. The van der Waals surface area contributed by atoms with Gasteiger partial charge in [0, 0.05) is 4.47 Å². The van der Waals surface area contributed by atoms with Crippen molar-refractivity contribution >= 4 is 27.9 Å². The first-order valence-corrected chi connectivity index (χ1v) is 4.71. The molecule has 0 heterocycles. The highest BCUT2D eigenvalue weighted by atomic mass is 79.9. The molecule has 0 unspecified atom stereocenters. The van der Waals surface area contributed by atoms with Crippen molar-refractivity contribution in [2.45, 2.75) is 6.42 Å². The second kappa shape index (κ2) is 4.76. The highest BCUT2D eigenvalue weighted by Crippen LogP contribution is 2.15. The van der Waals surface area contributed by atoms with Crippen LogP contribution in [0, 0.1) is 0 Å². The Kier molecular flexibility index (Phi) is 3.64. The molecule has 3 amide bonds. The van der Waals surface area contributed by atoms with E-state index in [2.05, 4.69) is 15.9 Å². The number of carbonyl (C=O) groups is 2. The van der Waals surface area contributed by atoms with E-state index in [1.165, 1.54) is 0 Å². The number of nitrogens with one attached hydrogen (secondary N) is 1. The molecule has 74 valence electrons. The molecule has 1 rings (SSSR count). The van der Waals surface area contributed by atoms with Gasteiger partial charge in [-0.1, -0.05) is 34.1 Å². The minimum atomic E-state index is -0.831. The smallest absolute Gasteiger partial charge is 0.318 e. The van der Waals surface area contributed by atoms with Crippen molar-refractivity contribution in [3.63, 3.8) is 0 Å². The minimum Gasteiger partial charge on any atom is -0.351 e. The van der Waals surface area contributed by atoms with Crippen LogP contribution in [0.4, 0.5) is 4.79 Å². The van der Waals surface area contributed by atoms with E-state index in [-0.39, 0.29) is 6.42 Å².